The van der Waals surface area contributed by atoms with Gasteiger partial charge in [-0.15, -0.1) is 0 Å². The molecule has 1 aromatic carbocycles. The first-order valence-corrected chi connectivity index (χ1v) is 7.94. The van der Waals surface area contributed by atoms with Gasteiger partial charge in [-0.2, -0.15) is 0 Å². The highest BCUT2D eigenvalue weighted by atomic mass is 19.1. The second-order valence-electron chi connectivity index (χ2n) is 6.24. The Balaban J connectivity index is 1.58. The zero-order valence-electron chi connectivity index (χ0n) is 12.6. The predicted molar refractivity (Wildman–Crippen MR) is 80.3 cm³/mol. The third-order valence-electron chi connectivity index (χ3n) is 4.60. The van der Waals surface area contributed by atoms with Crippen molar-refractivity contribution in [2.45, 2.75) is 38.6 Å². The average molecular weight is 304 g/mol. The number of carbonyl (C=O) groups is 2. The number of nitrogens with one attached hydrogen (secondary N) is 1. The van der Waals surface area contributed by atoms with Crippen LogP contribution in [0.4, 0.5) is 4.39 Å². The number of hydrogen-bond acceptors (Lipinski definition) is 2. The van der Waals surface area contributed by atoms with Crippen molar-refractivity contribution >= 4 is 11.8 Å². The molecule has 0 radical (unpaired) electrons. The molecule has 2 amide bonds. The third-order valence-corrected chi connectivity index (χ3v) is 4.60. The first-order chi connectivity index (χ1) is 10.6. The van der Waals surface area contributed by atoms with Gasteiger partial charge in [0.05, 0.1) is 0 Å². The first-order valence-electron chi connectivity index (χ1n) is 7.94. The van der Waals surface area contributed by atoms with Crippen molar-refractivity contribution in [1.29, 1.82) is 0 Å². The van der Waals surface area contributed by atoms with Crippen molar-refractivity contribution in [1.82, 2.24) is 10.2 Å². The Kier molecular flexibility index (Phi) is 4.14. The van der Waals surface area contributed by atoms with Crippen molar-refractivity contribution in [3.63, 3.8) is 0 Å². The van der Waals surface area contributed by atoms with E-state index < -0.39 is 5.41 Å². The zero-order valence-corrected chi connectivity index (χ0v) is 12.6. The molecule has 1 saturated carbocycles. The van der Waals surface area contributed by atoms with E-state index in [2.05, 4.69) is 5.32 Å². The molecule has 2 aliphatic rings. The molecule has 1 aliphatic heterocycles. The fraction of sp³-hybridized carbons (Fsp3) is 0.529. The first kappa shape index (κ1) is 15.0. The Morgan fingerprint density at radius 1 is 1.09 bits per heavy atom. The van der Waals surface area contributed by atoms with E-state index >= 15 is 0 Å². The van der Waals surface area contributed by atoms with Gasteiger partial charge in [-0.25, -0.2) is 4.39 Å². The summed E-state index contributed by atoms with van der Waals surface area (Å²) in [5.41, 5.74) is -0.00634. The number of amides is 2. The number of hydrogen-bond donors (Lipinski definition) is 1. The Bertz CT molecular complexity index is 561. The number of carbonyl (C=O) groups excluding carboxylic acids is 2. The van der Waals surface area contributed by atoms with Gasteiger partial charge in [0.2, 0.25) is 11.8 Å². The Morgan fingerprint density at radius 3 is 2.32 bits per heavy atom. The number of halogens is 1. The lowest BCUT2D eigenvalue weighted by Crippen LogP contribution is -2.46. The van der Waals surface area contributed by atoms with Crippen LogP contribution in [0.25, 0.3) is 0 Å². The molecule has 2 fully saturated rings. The highest BCUT2D eigenvalue weighted by molar-refractivity contribution is 6.07. The van der Waals surface area contributed by atoms with Gasteiger partial charge in [-0.1, -0.05) is 12.1 Å². The van der Waals surface area contributed by atoms with E-state index in [-0.39, 0.29) is 17.6 Å². The summed E-state index contributed by atoms with van der Waals surface area (Å²) >= 11 is 0. The van der Waals surface area contributed by atoms with Gasteiger partial charge in [-0.3, -0.25) is 9.59 Å². The molecule has 118 valence electrons. The number of benzene rings is 1. The highest BCUT2D eigenvalue weighted by Gasteiger charge is 2.57. The van der Waals surface area contributed by atoms with Crippen molar-refractivity contribution in [2.75, 3.05) is 13.1 Å². The van der Waals surface area contributed by atoms with Crippen LogP contribution in [-0.2, 0) is 16.1 Å². The minimum atomic E-state index is -0.836. The summed E-state index contributed by atoms with van der Waals surface area (Å²) in [4.78, 5) is 26.9. The van der Waals surface area contributed by atoms with Gasteiger partial charge in [0.15, 0.2) is 0 Å². The molecule has 5 heteroatoms. The molecular weight excluding hydrogens is 283 g/mol. The molecule has 0 spiro atoms. The lowest BCUT2D eigenvalue weighted by atomic mass is 10.0. The fourth-order valence-corrected chi connectivity index (χ4v) is 3.02. The van der Waals surface area contributed by atoms with Gasteiger partial charge < -0.3 is 10.2 Å². The summed E-state index contributed by atoms with van der Waals surface area (Å²) in [6, 6.07) is 6.02. The molecule has 1 aliphatic carbocycles. The molecule has 1 heterocycles. The monoisotopic (exact) mass is 304 g/mol. The molecule has 1 saturated heterocycles. The lowest BCUT2D eigenvalue weighted by Gasteiger charge is -2.30. The van der Waals surface area contributed by atoms with Gasteiger partial charge in [0.25, 0.3) is 0 Å². The molecule has 0 unspecified atom stereocenters. The summed E-state index contributed by atoms with van der Waals surface area (Å²) in [6.07, 6.45) is 4.49. The van der Waals surface area contributed by atoms with Crippen LogP contribution in [0.3, 0.4) is 0 Å². The van der Waals surface area contributed by atoms with E-state index in [9.17, 15) is 14.0 Å². The predicted octanol–water partition coefficient (Wildman–Crippen LogP) is 2.23. The Hall–Kier alpha value is -1.91. The lowest BCUT2D eigenvalue weighted by molar-refractivity contribution is -0.145. The SMILES string of the molecule is O=C(NCc1ccc(F)cc1)C1(C(=O)N2CCCCC2)CC1. The van der Waals surface area contributed by atoms with Crippen LogP contribution < -0.4 is 5.32 Å². The molecular formula is C17H21FN2O2. The fourth-order valence-electron chi connectivity index (χ4n) is 3.02. The van der Waals surface area contributed by atoms with Crippen LogP contribution in [0.1, 0.15) is 37.7 Å². The molecule has 1 aromatic rings. The van der Waals surface area contributed by atoms with Gasteiger partial charge >= 0.3 is 0 Å². The second kappa shape index (κ2) is 6.07. The number of nitrogens with zero attached hydrogens (tertiary/aromatic N) is 1. The van der Waals surface area contributed by atoms with Crippen molar-refractivity contribution in [2.24, 2.45) is 5.41 Å². The van der Waals surface area contributed by atoms with Crippen molar-refractivity contribution in [3.05, 3.63) is 35.6 Å². The van der Waals surface area contributed by atoms with E-state index in [1.165, 1.54) is 12.1 Å². The van der Waals surface area contributed by atoms with E-state index in [0.717, 1.165) is 37.9 Å². The van der Waals surface area contributed by atoms with Crippen molar-refractivity contribution in [3.8, 4) is 0 Å². The summed E-state index contributed by atoms with van der Waals surface area (Å²) in [6.45, 7) is 1.87. The molecule has 0 bridgehead atoms. The van der Waals surface area contributed by atoms with Crippen LogP contribution in [-0.4, -0.2) is 29.8 Å². The number of rotatable bonds is 4. The maximum atomic E-state index is 12.9. The van der Waals surface area contributed by atoms with Crippen LogP contribution in [0.2, 0.25) is 0 Å². The van der Waals surface area contributed by atoms with E-state index in [4.69, 9.17) is 0 Å². The minimum absolute atomic E-state index is 0.0104. The highest BCUT2D eigenvalue weighted by Crippen LogP contribution is 2.47. The summed E-state index contributed by atoms with van der Waals surface area (Å²) < 4.78 is 12.9. The maximum Gasteiger partial charge on any atom is 0.238 e. The summed E-state index contributed by atoms with van der Waals surface area (Å²) in [5.74, 6) is -0.495. The summed E-state index contributed by atoms with van der Waals surface area (Å²) in [5, 5.41) is 2.83. The van der Waals surface area contributed by atoms with Crippen LogP contribution in [0.5, 0.6) is 0 Å². The third kappa shape index (κ3) is 2.98. The van der Waals surface area contributed by atoms with E-state index in [1.54, 1.807) is 12.1 Å². The average Bonchev–Trinajstić information content (AvgIpc) is 3.36. The number of likely N-dealkylation sites (tertiary alicyclic amines) is 1. The van der Waals surface area contributed by atoms with E-state index in [0.29, 0.717) is 19.4 Å². The number of piperidine rings is 1. The standard InChI is InChI=1S/C17H21FN2O2/c18-14-6-4-13(5-7-14)12-19-15(21)17(8-9-17)16(22)20-10-2-1-3-11-20/h4-7H,1-3,8-12H2,(H,19,21). The second-order valence-corrected chi connectivity index (χ2v) is 6.24. The topological polar surface area (TPSA) is 49.4 Å². The largest absolute Gasteiger partial charge is 0.351 e. The molecule has 1 N–H and O–H groups in total. The molecule has 3 rings (SSSR count). The smallest absolute Gasteiger partial charge is 0.238 e. The van der Waals surface area contributed by atoms with Gasteiger partial charge in [0.1, 0.15) is 11.2 Å². The Morgan fingerprint density at radius 2 is 1.73 bits per heavy atom. The summed E-state index contributed by atoms with van der Waals surface area (Å²) in [7, 11) is 0. The van der Waals surface area contributed by atoms with Crippen LogP contribution >= 0.6 is 0 Å². The van der Waals surface area contributed by atoms with E-state index in [1.807, 2.05) is 4.90 Å². The van der Waals surface area contributed by atoms with Crippen molar-refractivity contribution < 1.29 is 14.0 Å². The molecule has 4 nitrogen and oxygen atoms in total. The van der Waals surface area contributed by atoms with Crippen LogP contribution in [0.15, 0.2) is 24.3 Å². The molecule has 0 atom stereocenters. The normalized spacial score (nSPS) is 19.6. The minimum Gasteiger partial charge on any atom is -0.351 e. The molecule has 0 aromatic heterocycles. The maximum absolute atomic E-state index is 12.9. The van der Waals surface area contributed by atoms with Gasteiger partial charge in [0, 0.05) is 19.6 Å². The molecule has 22 heavy (non-hydrogen) atoms. The zero-order chi connectivity index (χ0) is 15.6. The quantitative estimate of drug-likeness (QED) is 0.867. The van der Waals surface area contributed by atoms with Crippen LogP contribution in [0, 0.1) is 11.2 Å². The van der Waals surface area contributed by atoms with Gasteiger partial charge in [-0.05, 0) is 49.8 Å². The Labute approximate surface area is 129 Å².